The van der Waals surface area contributed by atoms with Gasteiger partial charge in [-0.25, -0.2) is 0 Å². The van der Waals surface area contributed by atoms with Gasteiger partial charge in [-0.2, -0.15) is 4.98 Å². The van der Waals surface area contributed by atoms with Gasteiger partial charge in [0.1, 0.15) is 0 Å². The fourth-order valence-electron chi connectivity index (χ4n) is 2.29. The molecule has 0 radical (unpaired) electrons. The van der Waals surface area contributed by atoms with Gasteiger partial charge in [0, 0.05) is 12.3 Å². The van der Waals surface area contributed by atoms with Crippen molar-refractivity contribution in [3.8, 4) is 0 Å². The highest BCUT2D eigenvalue weighted by molar-refractivity contribution is 6.17. The summed E-state index contributed by atoms with van der Waals surface area (Å²) in [7, 11) is 0. The summed E-state index contributed by atoms with van der Waals surface area (Å²) in [5.41, 5.74) is 1.29. The van der Waals surface area contributed by atoms with Crippen LogP contribution in [0.1, 0.15) is 36.5 Å². The average Bonchev–Trinajstić information content (AvgIpc) is 3.10. The lowest BCUT2D eigenvalue weighted by molar-refractivity contribution is 0.369. The van der Waals surface area contributed by atoms with Crippen molar-refractivity contribution in [2.24, 2.45) is 0 Å². The smallest absolute Gasteiger partial charge is 0.226 e. The quantitative estimate of drug-likeness (QED) is 0.776. The largest absolute Gasteiger partial charge is 0.339 e. The third-order valence-electron chi connectivity index (χ3n) is 3.50. The van der Waals surface area contributed by atoms with Gasteiger partial charge in [0.15, 0.2) is 5.82 Å². The Labute approximate surface area is 111 Å². The van der Waals surface area contributed by atoms with Gasteiger partial charge in [0.05, 0.1) is 5.41 Å². The molecule has 1 saturated carbocycles. The molecule has 1 aromatic carbocycles. The first-order chi connectivity index (χ1) is 8.85. The molecule has 3 rings (SSSR count). The van der Waals surface area contributed by atoms with Crippen LogP contribution >= 0.6 is 11.6 Å². The molecule has 18 heavy (non-hydrogen) atoms. The van der Waals surface area contributed by atoms with Crippen LogP contribution in [-0.2, 0) is 11.8 Å². The van der Waals surface area contributed by atoms with E-state index in [0.29, 0.717) is 11.8 Å². The number of benzene rings is 1. The van der Waals surface area contributed by atoms with Gasteiger partial charge in [-0.05, 0) is 24.8 Å². The minimum atomic E-state index is 0.00394. The highest BCUT2D eigenvalue weighted by Gasteiger charge is 2.49. The lowest BCUT2D eigenvalue weighted by atomic mass is 9.95. The molecule has 0 spiro atoms. The fraction of sp³-hybridized carbons (Fsp3) is 0.429. The maximum Gasteiger partial charge on any atom is 0.226 e. The Bertz CT molecular complexity index is 520. The Hall–Kier alpha value is -1.35. The molecule has 0 atom stereocenters. The molecular formula is C14H15ClN2O. The van der Waals surface area contributed by atoms with Gasteiger partial charge in [-0.15, -0.1) is 11.6 Å². The average molecular weight is 263 g/mol. The molecule has 1 aliphatic carbocycles. The highest BCUT2D eigenvalue weighted by Crippen LogP contribution is 2.52. The van der Waals surface area contributed by atoms with Crippen molar-refractivity contribution in [1.82, 2.24) is 10.1 Å². The fourth-order valence-corrected chi connectivity index (χ4v) is 2.43. The Morgan fingerprint density at radius 3 is 2.67 bits per heavy atom. The van der Waals surface area contributed by atoms with Crippen molar-refractivity contribution in [3.05, 3.63) is 47.6 Å². The Balaban J connectivity index is 1.84. The van der Waals surface area contributed by atoms with E-state index in [9.17, 15) is 0 Å². The Morgan fingerprint density at radius 1 is 1.22 bits per heavy atom. The van der Waals surface area contributed by atoms with Crippen LogP contribution in [-0.4, -0.2) is 16.0 Å². The summed E-state index contributed by atoms with van der Waals surface area (Å²) in [6.45, 7) is 0. The molecule has 1 fully saturated rings. The zero-order chi connectivity index (χ0) is 12.4. The van der Waals surface area contributed by atoms with Crippen LogP contribution in [0.25, 0.3) is 0 Å². The molecule has 0 N–H and O–H groups in total. The number of nitrogens with zero attached hydrogens (tertiary/aromatic N) is 2. The van der Waals surface area contributed by atoms with Gasteiger partial charge in [0.2, 0.25) is 5.89 Å². The summed E-state index contributed by atoms with van der Waals surface area (Å²) in [5.74, 6) is 2.16. The minimum absolute atomic E-state index is 0.00394. The van der Waals surface area contributed by atoms with Crippen molar-refractivity contribution >= 4 is 11.6 Å². The van der Waals surface area contributed by atoms with Gasteiger partial charge in [-0.3, -0.25) is 0 Å². The van der Waals surface area contributed by atoms with E-state index < -0.39 is 0 Å². The third-order valence-corrected chi connectivity index (χ3v) is 3.76. The van der Waals surface area contributed by atoms with Crippen molar-refractivity contribution in [1.29, 1.82) is 0 Å². The van der Waals surface area contributed by atoms with Crippen LogP contribution in [0.15, 0.2) is 34.9 Å². The van der Waals surface area contributed by atoms with E-state index in [0.717, 1.165) is 31.5 Å². The van der Waals surface area contributed by atoms with Crippen LogP contribution < -0.4 is 0 Å². The third kappa shape index (κ3) is 2.03. The predicted octanol–water partition coefficient (Wildman–Crippen LogP) is 3.32. The van der Waals surface area contributed by atoms with Crippen LogP contribution in [0.3, 0.4) is 0 Å². The Morgan fingerprint density at radius 2 is 2.00 bits per heavy atom. The number of aromatic nitrogens is 2. The zero-order valence-electron chi connectivity index (χ0n) is 10.1. The molecule has 2 aromatic rings. The van der Waals surface area contributed by atoms with E-state index in [-0.39, 0.29) is 5.41 Å². The molecular weight excluding hydrogens is 248 g/mol. The second kappa shape index (κ2) is 4.73. The van der Waals surface area contributed by atoms with Crippen LogP contribution in [0.2, 0.25) is 0 Å². The summed E-state index contributed by atoms with van der Waals surface area (Å²) in [4.78, 5) is 4.52. The van der Waals surface area contributed by atoms with Crippen LogP contribution in [0, 0.1) is 0 Å². The van der Waals surface area contributed by atoms with E-state index in [1.807, 2.05) is 6.07 Å². The number of hydrogen-bond acceptors (Lipinski definition) is 3. The number of rotatable bonds is 5. The topological polar surface area (TPSA) is 38.9 Å². The SMILES string of the molecule is ClCCCc1nc(C2(c3ccccc3)CC2)no1. The van der Waals surface area contributed by atoms with E-state index >= 15 is 0 Å². The standard InChI is InChI=1S/C14H15ClN2O/c15-10-4-7-12-16-13(17-18-12)14(8-9-14)11-5-2-1-3-6-11/h1-3,5-6H,4,7-10H2. The molecule has 3 nitrogen and oxygen atoms in total. The lowest BCUT2D eigenvalue weighted by Gasteiger charge is -2.09. The molecule has 0 saturated heterocycles. The minimum Gasteiger partial charge on any atom is -0.339 e. The molecule has 0 aliphatic heterocycles. The predicted molar refractivity (Wildman–Crippen MR) is 69.8 cm³/mol. The van der Waals surface area contributed by atoms with E-state index in [1.165, 1.54) is 5.56 Å². The van der Waals surface area contributed by atoms with Crippen molar-refractivity contribution in [2.45, 2.75) is 31.1 Å². The van der Waals surface area contributed by atoms with Gasteiger partial charge in [-0.1, -0.05) is 35.5 Å². The van der Waals surface area contributed by atoms with E-state index in [4.69, 9.17) is 16.1 Å². The Kier molecular flexibility index (Phi) is 3.08. The van der Waals surface area contributed by atoms with Gasteiger partial charge >= 0.3 is 0 Å². The maximum absolute atomic E-state index is 5.67. The molecule has 94 valence electrons. The first-order valence-corrected chi connectivity index (χ1v) is 6.83. The summed E-state index contributed by atoms with van der Waals surface area (Å²) >= 11 is 5.67. The maximum atomic E-state index is 5.67. The van der Waals surface area contributed by atoms with Crippen molar-refractivity contribution < 1.29 is 4.52 Å². The molecule has 0 unspecified atom stereocenters. The van der Waals surface area contributed by atoms with Gasteiger partial charge in [0.25, 0.3) is 0 Å². The number of aryl methyl sites for hydroxylation is 1. The number of hydrogen-bond donors (Lipinski definition) is 0. The van der Waals surface area contributed by atoms with Gasteiger partial charge < -0.3 is 4.52 Å². The molecule has 1 aromatic heterocycles. The molecule has 1 aliphatic rings. The lowest BCUT2D eigenvalue weighted by Crippen LogP contribution is -2.10. The second-order valence-electron chi connectivity index (χ2n) is 4.75. The summed E-state index contributed by atoms with van der Waals surface area (Å²) in [6.07, 6.45) is 3.85. The van der Waals surface area contributed by atoms with Crippen LogP contribution in [0.5, 0.6) is 0 Å². The normalized spacial score (nSPS) is 16.7. The van der Waals surface area contributed by atoms with Crippen molar-refractivity contribution in [2.75, 3.05) is 5.88 Å². The highest BCUT2D eigenvalue weighted by atomic mass is 35.5. The first-order valence-electron chi connectivity index (χ1n) is 6.30. The number of halogens is 1. The van der Waals surface area contributed by atoms with Crippen molar-refractivity contribution in [3.63, 3.8) is 0 Å². The molecule has 1 heterocycles. The summed E-state index contributed by atoms with van der Waals surface area (Å²) in [5, 5.41) is 4.15. The monoisotopic (exact) mass is 262 g/mol. The molecule has 0 amide bonds. The molecule has 4 heteroatoms. The van der Waals surface area contributed by atoms with E-state index in [2.05, 4.69) is 34.4 Å². The summed E-state index contributed by atoms with van der Waals surface area (Å²) < 4.78 is 5.29. The molecule has 0 bridgehead atoms. The van der Waals surface area contributed by atoms with Crippen LogP contribution in [0.4, 0.5) is 0 Å². The summed E-state index contributed by atoms with van der Waals surface area (Å²) in [6, 6.07) is 10.4. The second-order valence-corrected chi connectivity index (χ2v) is 5.13. The van der Waals surface area contributed by atoms with E-state index in [1.54, 1.807) is 0 Å². The first kappa shape index (κ1) is 11.7. The zero-order valence-corrected chi connectivity index (χ0v) is 10.9. The number of alkyl halides is 1.